The van der Waals surface area contributed by atoms with Gasteiger partial charge in [-0.15, -0.1) is 0 Å². The van der Waals surface area contributed by atoms with E-state index in [-0.39, 0.29) is 0 Å². The molecule has 2 aromatic rings. The van der Waals surface area contributed by atoms with Crippen LogP contribution in [0.4, 0.5) is 0 Å². The molecule has 0 saturated heterocycles. The SMILES string of the molecule is COc1ccc(COc2cccc(OCC3CC3)c2C(C)O)cc1. The van der Waals surface area contributed by atoms with E-state index in [1.54, 1.807) is 14.0 Å². The number of methoxy groups -OCH3 is 1. The third kappa shape index (κ3) is 4.20. The molecule has 2 aromatic carbocycles. The van der Waals surface area contributed by atoms with E-state index < -0.39 is 6.10 Å². The Bertz CT molecular complexity index is 660. The summed E-state index contributed by atoms with van der Waals surface area (Å²) in [6, 6.07) is 13.4. The van der Waals surface area contributed by atoms with Crippen LogP contribution in [-0.4, -0.2) is 18.8 Å². The minimum atomic E-state index is -0.647. The van der Waals surface area contributed by atoms with E-state index in [0.717, 1.165) is 11.3 Å². The third-order valence-electron chi connectivity index (χ3n) is 4.17. The molecular formula is C20H24O4. The zero-order valence-corrected chi connectivity index (χ0v) is 14.2. The Balaban J connectivity index is 1.71. The number of hydrogen-bond donors (Lipinski definition) is 1. The topological polar surface area (TPSA) is 47.9 Å². The van der Waals surface area contributed by atoms with Crippen LogP contribution in [0, 0.1) is 5.92 Å². The molecule has 0 aromatic heterocycles. The van der Waals surface area contributed by atoms with Gasteiger partial charge in [0, 0.05) is 0 Å². The van der Waals surface area contributed by atoms with Gasteiger partial charge < -0.3 is 19.3 Å². The minimum absolute atomic E-state index is 0.426. The van der Waals surface area contributed by atoms with Crippen molar-refractivity contribution in [2.75, 3.05) is 13.7 Å². The molecule has 0 radical (unpaired) electrons. The van der Waals surface area contributed by atoms with Gasteiger partial charge in [0.1, 0.15) is 23.9 Å². The number of rotatable bonds is 8. The zero-order chi connectivity index (χ0) is 16.9. The zero-order valence-electron chi connectivity index (χ0n) is 14.2. The van der Waals surface area contributed by atoms with Gasteiger partial charge in [0.05, 0.1) is 25.4 Å². The Hall–Kier alpha value is -2.20. The van der Waals surface area contributed by atoms with E-state index in [2.05, 4.69) is 0 Å². The lowest BCUT2D eigenvalue weighted by molar-refractivity contribution is 0.180. The summed E-state index contributed by atoms with van der Waals surface area (Å²) in [6.45, 7) is 2.87. The molecule has 1 N–H and O–H groups in total. The molecule has 1 saturated carbocycles. The van der Waals surface area contributed by atoms with Crippen LogP contribution in [0.25, 0.3) is 0 Å². The molecule has 4 heteroatoms. The second-order valence-corrected chi connectivity index (χ2v) is 6.24. The second kappa shape index (κ2) is 7.58. The van der Waals surface area contributed by atoms with Crippen LogP contribution in [0.15, 0.2) is 42.5 Å². The Kier molecular flexibility index (Phi) is 5.26. The molecule has 0 heterocycles. The summed E-state index contributed by atoms with van der Waals surface area (Å²) in [4.78, 5) is 0. The smallest absolute Gasteiger partial charge is 0.129 e. The lowest BCUT2D eigenvalue weighted by Gasteiger charge is -2.18. The predicted molar refractivity (Wildman–Crippen MR) is 92.6 cm³/mol. The summed E-state index contributed by atoms with van der Waals surface area (Å²) in [7, 11) is 1.65. The van der Waals surface area contributed by atoms with Crippen LogP contribution >= 0.6 is 0 Å². The highest BCUT2D eigenvalue weighted by atomic mass is 16.5. The Morgan fingerprint density at radius 2 is 1.71 bits per heavy atom. The van der Waals surface area contributed by atoms with Crippen LogP contribution in [-0.2, 0) is 6.61 Å². The van der Waals surface area contributed by atoms with Crippen LogP contribution < -0.4 is 14.2 Å². The summed E-state index contributed by atoms with van der Waals surface area (Å²) in [5, 5.41) is 10.2. The van der Waals surface area contributed by atoms with Gasteiger partial charge in [-0.25, -0.2) is 0 Å². The number of aliphatic hydroxyl groups is 1. The molecule has 1 atom stereocenters. The Labute approximate surface area is 143 Å². The maximum absolute atomic E-state index is 10.2. The quantitative estimate of drug-likeness (QED) is 0.792. The first-order chi connectivity index (χ1) is 11.7. The highest BCUT2D eigenvalue weighted by molar-refractivity contribution is 5.46. The monoisotopic (exact) mass is 328 g/mol. The van der Waals surface area contributed by atoms with E-state index in [1.807, 2.05) is 42.5 Å². The molecule has 0 spiro atoms. The standard InChI is InChI=1S/C20H24O4/c1-14(21)20-18(23-12-15-6-7-15)4-3-5-19(20)24-13-16-8-10-17(22-2)11-9-16/h3-5,8-11,14-15,21H,6-7,12-13H2,1-2H3. The maximum atomic E-state index is 10.2. The second-order valence-electron chi connectivity index (χ2n) is 6.24. The van der Waals surface area contributed by atoms with E-state index in [4.69, 9.17) is 14.2 Å². The summed E-state index contributed by atoms with van der Waals surface area (Å²) in [5.74, 6) is 2.85. The fourth-order valence-electron chi connectivity index (χ4n) is 2.56. The summed E-state index contributed by atoms with van der Waals surface area (Å²) in [5.41, 5.74) is 1.75. The first-order valence-electron chi connectivity index (χ1n) is 8.37. The number of ether oxygens (including phenoxy) is 3. The van der Waals surface area contributed by atoms with Crippen molar-refractivity contribution >= 4 is 0 Å². The molecule has 3 rings (SSSR count). The number of aliphatic hydroxyl groups excluding tert-OH is 1. The van der Waals surface area contributed by atoms with Gasteiger partial charge in [0.2, 0.25) is 0 Å². The van der Waals surface area contributed by atoms with Gasteiger partial charge in [-0.1, -0.05) is 18.2 Å². The van der Waals surface area contributed by atoms with Crippen LogP contribution in [0.2, 0.25) is 0 Å². The van der Waals surface area contributed by atoms with Crippen LogP contribution in [0.1, 0.15) is 37.0 Å². The van der Waals surface area contributed by atoms with Crippen molar-refractivity contribution in [1.82, 2.24) is 0 Å². The minimum Gasteiger partial charge on any atom is -0.497 e. The van der Waals surface area contributed by atoms with E-state index in [9.17, 15) is 5.11 Å². The molecule has 24 heavy (non-hydrogen) atoms. The van der Waals surface area contributed by atoms with Crippen molar-refractivity contribution in [3.63, 3.8) is 0 Å². The van der Waals surface area contributed by atoms with Gasteiger partial charge in [0.15, 0.2) is 0 Å². The lowest BCUT2D eigenvalue weighted by atomic mass is 10.1. The van der Waals surface area contributed by atoms with E-state index in [1.165, 1.54) is 12.8 Å². The number of hydrogen-bond acceptors (Lipinski definition) is 4. The highest BCUT2D eigenvalue weighted by Crippen LogP contribution is 2.36. The van der Waals surface area contributed by atoms with Crippen molar-refractivity contribution in [2.45, 2.75) is 32.5 Å². The van der Waals surface area contributed by atoms with Gasteiger partial charge in [0.25, 0.3) is 0 Å². The van der Waals surface area contributed by atoms with Crippen LogP contribution in [0.3, 0.4) is 0 Å². The molecule has 1 fully saturated rings. The molecule has 0 amide bonds. The molecule has 0 bridgehead atoms. The molecule has 1 unspecified atom stereocenters. The third-order valence-corrected chi connectivity index (χ3v) is 4.17. The summed E-state index contributed by atoms with van der Waals surface area (Å²) < 4.78 is 17.0. The average molecular weight is 328 g/mol. The van der Waals surface area contributed by atoms with Crippen molar-refractivity contribution < 1.29 is 19.3 Å². The first kappa shape index (κ1) is 16.7. The molecule has 128 valence electrons. The highest BCUT2D eigenvalue weighted by Gasteiger charge is 2.23. The van der Waals surface area contributed by atoms with Gasteiger partial charge >= 0.3 is 0 Å². The van der Waals surface area contributed by atoms with Crippen molar-refractivity contribution in [1.29, 1.82) is 0 Å². The van der Waals surface area contributed by atoms with Gasteiger partial charge in [-0.2, -0.15) is 0 Å². The fourth-order valence-corrected chi connectivity index (χ4v) is 2.56. The molecular weight excluding hydrogens is 304 g/mol. The van der Waals surface area contributed by atoms with Crippen molar-refractivity contribution in [3.05, 3.63) is 53.6 Å². The van der Waals surface area contributed by atoms with Gasteiger partial charge in [-0.05, 0) is 55.5 Å². The first-order valence-corrected chi connectivity index (χ1v) is 8.37. The average Bonchev–Trinajstić information content (AvgIpc) is 3.42. The molecule has 0 aliphatic heterocycles. The fraction of sp³-hybridized carbons (Fsp3) is 0.400. The molecule has 4 nitrogen and oxygen atoms in total. The van der Waals surface area contributed by atoms with Crippen LogP contribution in [0.5, 0.6) is 17.2 Å². The van der Waals surface area contributed by atoms with E-state index in [0.29, 0.717) is 36.2 Å². The lowest BCUT2D eigenvalue weighted by Crippen LogP contribution is -2.06. The summed E-state index contributed by atoms with van der Waals surface area (Å²) >= 11 is 0. The Morgan fingerprint density at radius 1 is 1.04 bits per heavy atom. The normalized spacial score (nSPS) is 15.0. The Morgan fingerprint density at radius 3 is 2.29 bits per heavy atom. The van der Waals surface area contributed by atoms with Gasteiger partial charge in [-0.3, -0.25) is 0 Å². The van der Waals surface area contributed by atoms with E-state index >= 15 is 0 Å². The predicted octanol–water partition coefficient (Wildman–Crippen LogP) is 4.12. The largest absolute Gasteiger partial charge is 0.497 e. The van der Waals surface area contributed by atoms with Crippen molar-refractivity contribution in [3.8, 4) is 17.2 Å². The molecule has 1 aliphatic rings. The summed E-state index contributed by atoms with van der Waals surface area (Å²) in [6.07, 6.45) is 1.82. The molecule has 1 aliphatic carbocycles. The van der Waals surface area contributed by atoms with Crippen molar-refractivity contribution in [2.24, 2.45) is 5.92 Å². The maximum Gasteiger partial charge on any atom is 0.129 e. The number of benzene rings is 2.